The van der Waals surface area contributed by atoms with Crippen LogP contribution in [0.15, 0.2) is 139 Å². The number of hydrogen-bond acceptors (Lipinski definition) is 2. The molecule has 0 aliphatic heterocycles. The van der Waals surface area contributed by atoms with Gasteiger partial charge >= 0.3 is 0 Å². The molecule has 0 heterocycles. The molecule has 5 aromatic rings. The minimum atomic E-state index is 0.284. The summed E-state index contributed by atoms with van der Waals surface area (Å²) >= 11 is 0. The van der Waals surface area contributed by atoms with E-state index in [-0.39, 0.29) is 6.04 Å². The van der Waals surface area contributed by atoms with Crippen molar-refractivity contribution in [2.75, 3.05) is 4.90 Å². The normalized spacial score (nSPS) is 25.7. The smallest absolute Gasteiger partial charge is 0.0594 e. The standard InChI is InChI=1S/C55H60N2/c1-5-46(36(2)3)39-24-30-45(31-25-39)56(43-17-7-6-8-18-43)53-34-28-41-27-33-48-51(21-11-15-40-26-32-49(53)55(41)54(40)48)57(52-22-12-16-42-35-50(42)52)44-19-10-14-38(23-29-44)47-20-9-13-37(47)4/h6-8,10,12,14-18,22,24-34,36-38,42,46-47,50-51H,5,9,11,13,19-21,23,35H2,1-4H3. The average molecular weight is 749 g/mol. The quantitative estimate of drug-likeness (QED) is 0.131. The molecule has 2 nitrogen and oxygen atoms in total. The molecule has 2 fully saturated rings. The zero-order valence-electron chi connectivity index (χ0n) is 34.6. The van der Waals surface area contributed by atoms with Gasteiger partial charge in [0.15, 0.2) is 0 Å². The second-order valence-electron chi connectivity index (χ2n) is 18.4. The molecule has 10 rings (SSSR count). The van der Waals surface area contributed by atoms with Crippen LogP contribution in [0.3, 0.4) is 0 Å². The Morgan fingerprint density at radius 1 is 0.772 bits per heavy atom. The lowest BCUT2D eigenvalue weighted by atomic mass is 9.83. The number of anilines is 3. The predicted molar refractivity (Wildman–Crippen MR) is 243 cm³/mol. The Balaban J connectivity index is 1.11. The summed E-state index contributed by atoms with van der Waals surface area (Å²) in [5.41, 5.74) is 9.63. The van der Waals surface area contributed by atoms with Crippen molar-refractivity contribution >= 4 is 44.7 Å². The van der Waals surface area contributed by atoms with E-state index in [1.807, 2.05) is 0 Å². The zero-order chi connectivity index (χ0) is 38.6. The number of hydrogen-bond donors (Lipinski definition) is 0. The van der Waals surface area contributed by atoms with Gasteiger partial charge in [-0.15, -0.1) is 0 Å². The van der Waals surface area contributed by atoms with Gasteiger partial charge in [-0.1, -0.05) is 138 Å². The fourth-order valence-electron chi connectivity index (χ4n) is 11.7. The molecule has 5 aromatic carbocycles. The van der Waals surface area contributed by atoms with Crippen LogP contribution >= 0.6 is 0 Å². The molecular formula is C55H60N2. The predicted octanol–water partition coefficient (Wildman–Crippen LogP) is 14.6. The van der Waals surface area contributed by atoms with E-state index >= 15 is 0 Å². The van der Waals surface area contributed by atoms with E-state index in [2.05, 4.69) is 171 Å². The minimum Gasteiger partial charge on any atom is -0.341 e. The van der Waals surface area contributed by atoms with Crippen LogP contribution in [-0.4, -0.2) is 4.90 Å². The Hall–Kier alpha value is -4.82. The molecule has 290 valence electrons. The molecule has 7 atom stereocenters. The summed E-state index contributed by atoms with van der Waals surface area (Å²) in [6.07, 6.45) is 28.7. The molecule has 2 saturated carbocycles. The van der Waals surface area contributed by atoms with E-state index in [1.165, 1.54) is 92.8 Å². The topological polar surface area (TPSA) is 6.48 Å². The molecule has 2 heteroatoms. The van der Waals surface area contributed by atoms with Gasteiger partial charge in [-0.25, -0.2) is 0 Å². The van der Waals surface area contributed by atoms with Crippen molar-refractivity contribution in [3.63, 3.8) is 0 Å². The molecular weight excluding hydrogens is 689 g/mol. The first-order valence-electron chi connectivity index (χ1n) is 22.4. The summed E-state index contributed by atoms with van der Waals surface area (Å²) in [5, 5.41) is 6.90. The maximum absolute atomic E-state index is 2.87. The lowest BCUT2D eigenvalue weighted by molar-refractivity contribution is 0.283. The zero-order valence-corrected chi connectivity index (χ0v) is 34.6. The van der Waals surface area contributed by atoms with Crippen LogP contribution in [0.1, 0.15) is 109 Å². The summed E-state index contributed by atoms with van der Waals surface area (Å²) in [6.45, 7) is 9.52. The molecule has 0 N–H and O–H groups in total. The molecule has 7 unspecified atom stereocenters. The van der Waals surface area contributed by atoms with Crippen LogP contribution < -0.4 is 10.1 Å². The van der Waals surface area contributed by atoms with E-state index in [0.29, 0.717) is 29.6 Å². The molecule has 0 spiro atoms. The molecule has 0 saturated heterocycles. The van der Waals surface area contributed by atoms with Crippen LogP contribution in [0.4, 0.5) is 17.1 Å². The molecule has 5 aliphatic carbocycles. The highest BCUT2D eigenvalue weighted by atomic mass is 15.2. The summed E-state index contributed by atoms with van der Waals surface area (Å²) < 4.78 is 0. The highest BCUT2D eigenvalue weighted by Gasteiger charge is 2.44. The van der Waals surface area contributed by atoms with Crippen molar-refractivity contribution in [3.05, 3.63) is 155 Å². The largest absolute Gasteiger partial charge is 0.341 e. The Bertz CT molecular complexity index is 2450. The fourth-order valence-corrected chi connectivity index (χ4v) is 11.7. The first-order valence-corrected chi connectivity index (χ1v) is 22.4. The highest BCUT2D eigenvalue weighted by Crippen LogP contribution is 2.53. The second-order valence-corrected chi connectivity index (χ2v) is 18.4. The maximum atomic E-state index is 2.87. The number of nitrogens with zero attached hydrogens (tertiary/aromatic N) is 2. The third kappa shape index (κ3) is 6.58. The van der Waals surface area contributed by atoms with E-state index in [4.69, 9.17) is 0 Å². The monoisotopic (exact) mass is 748 g/mol. The molecule has 0 bridgehead atoms. The van der Waals surface area contributed by atoms with Crippen LogP contribution in [0.5, 0.6) is 0 Å². The van der Waals surface area contributed by atoms with Crippen LogP contribution in [0.2, 0.25) is 0 Å². The van der Waals surface area contributed by atoms with Crippen LogP contribution in [0, 0.1) is 35.5 Å². The Kier molecular flexibility index (Phi) is 9.72. The van der Waals surface area contributed by atoms with Gasteiger partial charge in [0.1, 0.15) is 0 Å². The van der Waals surface area contributed by atoms with Gasteiger partial charge in [-0.2, -0.15) is 0 Å². The molecule has 0 amide bonds. The lowest BCUT2D eigenvalue weighted by Gasteiger charge is -2.39. The van der Waals surface area contributed by atoms with Gasteiger partial charge in [0.25, 0.3) is 0 Å². The van der Waals surface area contributed by atoms with E-state index < -0.39 is 0 Å². The van der Waals surface area contributed by atoms with Crippen LogP contribution in [0.25, 0.3) is 27.6 Å². The number of fused-ring (bicyclic) bond motifs is 1. The van der Waals surface area contributed by atoms with Crippen molar-refractivity contribution in [2.45, 2.75) is 97.4 Å². The number of allylic oxidation sites excluding steroid dienone is 7. The van der Waals surface area contributed by atoms with Crippen molar-refractivity contribution in [1.82, 2.24) is 4.90 Å². The number of para-hydroxylation sites is 1. The lowest BCUT2D eigenvalue weighted by Crippen LogP contribution is -2.30. The van der Waals surface area contributed by atoms with Gasteiger partial charge in [-0.3, -0.25) is 0 Å². The summed E-state index contributed by atoms with van der Waals surface area (Å²) in [5.74, 6) is 4.85. The average Bonchev–Trinajstić information content (AvgIpc) is 4.00. The van der Waals surface area contributed by atoms with Gasteiger partial charge in [0, 0.05) is 40.5 Å². The Morgan fingerprint density at radius 2 is 1.60 bits per heavy atom. The second kappa shape index (κ2) is 15.2. The maximum Gasteiger partial charge on any atom is 0.0594 e. The first-order chi connectivity index (χ1) is 28.0. The molecule has 57 heavy (non-hydrogen) atoms. The molecule has 0 aromatic heterocycles. The number of rotatable bonds is 10. The van der Waals surface area contributed by atoms with Gasteiger partial charge in [-0.05, 0) is 143 Å². The van der Waals surface area contributed by atoms with Crippen LogP contribution in [-0.2, 0) is 0 Å². The molecule has 5 aliphatic rings. The third-order valence-corrected chi connectivity index (χ3v) is 14.8. The van der Waals surface area contributed by atoms with Gasteiger partial charge < -0.3 is 9.80 Å². The van der Waals surface area contributed by atoms with Crippen molar-refractivity contribution in [2.24, 2.45) is 35.5 Å². The van der Waals surface area contributed by atoms with E-state index in [1.54, 1.807) is 5.70 Å². The fraction of sp³-hybridized carbons (Fsp3) is 0.382. The minimum absolute atomic E-state index is 0.284. The van der Waals surface area contributed by atoms with Crippen molar-refractivity contribution in [3.8, 4) is 0 Å². The SMILES string of the molecule is CCC(c1ccc(N(c2ccccc2)c2ccc3ccc4c5c(ccc2c35)=CCCC4N(C2=CCC(C3CCCC3C)C=CC2)C2=CC=CC3CC23)cc1)C(C)C. The molecule has 0 radical (unpaired) electrons. The Morgan fingerprint density at radius 3 is 2.39 bits per heavy atom. The van der Waals surface area contributed by atoms with E-state index in [0.717, 1.165) is 37.5 Å². The summed E-state index contributed by atoms with van der Waals surface area (Å²) in [4.78, 5) is 5.36. The Labute approximate surface area is 341 Å². The number of benzene rings is 5. The highest BCUT2D eigenvalue weighted by molar-refractivity contribution is 6.17. The van der Waals surface area contributed by atoms with E-state index in [9.17, 15) is 0 Å². The van der Waals surface area contributed by atoms with Crippen molar-refractivity contribution in [1.29, 1.82) is 0 Å². The summed E-state index contributed by atoms with van der Waals surface area (Å²) in [7, 11) is 0. The third-order valence-electron chi connectivity index (χ3n) is 14.8. The van der Waals surface area contributed by atoms with Gasteiger partial charge in [0.05, 0.1) is 11.7 Å². The van der Waals surface area contributed by atoms with Gasteiger partial charge in [0.2, 0.25) is 0 Å². The first kappa shape index (κ1) is 36.5. The van der Waals surface area contributed by atoms with Crippen molar-refractivity contribution < 1.29 is 0 Å². The summed E-state index contributed by atoms with van der Waals surface area (Å²) in [6, 6.07) is 35.3.